The van der Waals surface area contributed by atoms with E-state index in [0.29, 0.717) is 38.5 Å². The van der Waals surface area contributed by atoms with E-state index in [-0.39, 0.29) is 10.8 Å². The largest absolute Gasteiger partial charge is 0.494 e. The van der Waals surface area contributed by atoms with E-state index < -0.39 is 10.0 Å². The van der Waals surface area contributed by atoms with Gasteiger partial charge in [0.05, 0.1) is 11.5 Å². The first-order valence-electron chi connectivity index (χ1n) is 8.43. The minimum atomic E-state index is -3.52. The third kappa shape index (κ3) is 4.70. The zero-order chi connectivity index (χ0) is 17.6. The molecule has 0 saturated carbocycles. The highest BCUT2D eigenvalue weighted by Crippen LogP contribution is 2.21. The predicted molar refractivity (Wildman–Crippen MR) is 92.5 cm³/mol. The molecule has 0 unspecified atom stereocenters. The van der Waals surface area contributed by atoms with Gasteiger partial charge in [0, 0.05) is 33.1 Å². The second-order valence-corrected chi connectivity index (χ2v) is 7.88. The van der Waals surface area contributed by atoms with Crippen LogP contribution in [0.4, 0.5) is 0 Å². The van der Waals surface area contributed by atoms with Gasteiger partial charge in [-0.15, -0.1) is 0 Å². The molecule has 1 aromatic carbocycles. The Labute approximate surface area is 144 Å². The molecule has 1 aromatic rings. The Morgan fingerprint density at radius 3 is 2.25 bits per heavy atom. The number of hydrogen-bond acceptors (Lipinski definition) is 4. The van der Waals surface area contributed by atoms with E-state index in [4.69, 9.17) is 4.74 Å². The van der Waals surface area contributed by atoms with Gasteiger partial charge in [0.25, 0.3) is 0 Å². The summed E-state index contributed by atoms with van der Waals surface area (Å²) in [6.45, 7) is 5.82. The molecule has 0 aliphatic carbocycles. The number of hydrogen-bond donors (Lipinski definition) is 0. The van der Waals surface area contributed by atoms with Crippen LogP contribution in [0.1, 0.15) is 33.1 Å². The van der Waals surface area contributed by atoms with E-state index in [1.54, 1.807) is 29.2 Å². The van der Waals surface area contributed by atoms with Gasteiger partial charge >= 0.3 is 0 Å². The van der Waals surface area contributed by atoms with Crippen molar-refractivity contribution < 1.29 is 17.9 Å². The first-order chi connectivity index (χ1) is 11.4. The summed E-state index contributed by atoms with van der Waals surface area (Å²) in [6.07, 6.45) is 3.26. The van der Waals surface area contributed by atoms with Gasteiger partial charge in [-0.1, -0.05) is 19.8 Å². The number of nitrogens with zero attached hydrogens (tertiary/aromatic N) is 2. The molecule has 0 N–H and O–H groups in total. The standard InChI is InChI=1S/C17H26N2O4S/c1-3-4-5-14-23-16-6-8-17(9-7-16)24(21,22)19-12-10-18(11-13-19)15(2)20/h6-9H,3-5,10-14H2,1-2H3. The van der Waals surface area contributed by atoms with Gasteiger partial charge in [0.2, 0.25) is 15.9 Å². The maximum absolute atomic E-state index is 12.7. The molecule has 1 amide bonds. The number of benzene rings is 1. The molecular weight excluding hydrogens is 328 g/mol. The van der Waals surface area contributed by atoms with Crippen molar-refractivity contribution in [2.24, 2.45) is 0 Å². The fourth-order valence-electron chi connectivity index (χ4n) is 2.64. The zero-order valence-corrected chi connectivity index (χ0v) is 15.2. The maximum atomic E-state index is 12.7. The van der Waals surface area contributed by atoms with Crippen molar-refractivity contribution in [3.8, 4) is 5.75 Å². The van der Waals surface area contributed by atoms with Crippen LogP contribution >= 0.6 is 0 Å². The molecule has 2 rings (SSSR count). The average molecular weight is 354 g/mol. The summed E-state index contributed by atoms with van der Waals surface area (Å²) in [5.74, 6) is 0.670. The van der Waals surface area contributed by atoms with Crippen molar-refractivity contribution in [1.29, 1.82) is 0 Å². The van der Waals surface area contributed by atoms with Crippen molar-refractivity contribution in [3.05, 3.63) is 24.3 Å². The average Bonchev–Trinajstić information content (AvgIpc) is 2.59. The van der Waals surface area contributed by atoms with Gasteiger partial charge in [-0.2, -0.15) is 4.31 Å². The van der Waals surface area contributed by atoms with E-state index in [1.165, 1.54) is 11.2 Å². The number of unbranched alkanes of at least 4 members (excludes halogenated alkanes) is 2. The second kappa shape index (κ2) is 8.48. The lowest BCUT2D eigenvalue weighted by molar-refractivity contribution is -0.129. The van der Waals surface area contributed by atoms with E-state index in [1.807, 2.05) is 0 Å². The molecule has 7 heteroatoms. The molecule has 1 heterocycles. The number of carbonyl (C=O) groups is 1. The Hall–Kier alpha value is -1.60. The Morgan fingerprint density at radius 2 is 1.71 bits per heavy atom. The number of piperazine rings is 1. The van der Waals surface area contributed by atoms with Crippen molar-refractivity contribution in [2.75, 3.05) is 32.8 Å². The molecule has 1 saturated heterocycles. The lowest BCUT2D eigenvalue weighted by Gasteiger charge is -2.33. The minimum Gasteiger partial charge on any atom is -0.494 e. The summed E-state index contributed by atoms with van der Waals surface area (Å²) in [6, 6.07) is 6.57. The SMILES string of the molecule is CCCCCOc1ccc(S(=O)(=O)N2CCN(C(C)=O)CC2)cc1. The number of amides is 1. The Balaban J connectivity index is 1.96. The first kappa shape index (κ1) is 18.7. The van der Waals surface area contributed by atoms with Crippen LogP contribution in [0.2, 0.25) is 0 Å². The van der Waals surface area contributed by atoms with Crippen LogP contribution < -0.4 is 4.74 Å². The highest BCUT2D eigenvalue weighted by atomic mass is 32.2. The molecule has 1 aliphatic rings. The lowest BCUT2D eigenvalue weighted by atomic mass is 10.3. The molecule has 0 radical (unpaired) electrons. The molecule has 0 bridgehead atoms. The van der Waals surface area contributed by atoms with E-state index >= 15 is 0 Å². The molecule has 0 spiro atoms. The lowest BCUT2D eigenvalue weighted by Crippen LogP contribution is -2.49. The molecule has 1 aliphatic heterocycles. The molecule has 0 atom stereocenters. The van der Waals surface area contributed by atoms with Crippen molar-refractivity contribution in [1.82, 2.24) is 9.21 Å². The third-order valence-corrected chi connectivity index (χ3v) is 6.07. The smallest absolute Gasteiger partial charge is 0.243 e. The number of ether oxygens (including phenoxy) is 1. The minimum absolute atomic E-state index is 0.0170. The summed E-state index contributed by atoms with van der Waals surface area (Å²) in [4.78, 5) is 13.3. The summed E-state index contributed by atoms with van der Waals surface area (Å²) in [7, 11) is -3.52. The van der Waals surface area contributed by atoms with E-state index in [2.05, 4.69) is 6.92 Å². The van der Waals surface area contributed by atoms with Crippen molar-refractivity contribution in [2.45, 2.75) is 38.0 Å². The molecule has 0 aromatic heterocycles. The highest BCUT2D eigenvalue weighted by Gasteiger charge is 2.29. The third-order valence-electron chi connectivity index (χ3n) is 4.16. The summed E-state index contributed by atoms with van der Waals surface area (Å²) in [5.41, 5.74) is 0. The van der Waals surface area contributed by atoms with Crippen molar-refractivity contribution >= 4 is 15.9 Å². The number of rotatable bonds is 7. The van der Waals surface area contributed by atoms with Crippen molar-refractivity contribution in [3.63, 3.8) is 0 Å². The summed E-state index contributed by atoms with van der Waals surface area (Å²) >= 11 is 0. The van der Waals surface area contributed by atoms with Gasteiger partial charge in [0.1, 0.15) is 5.75 Å². The van der Waals surface area contributed by atoms with Crippen LogP contribution in [0.25, 0.3) is 0 Å². The zero-order valence-electron chi connectivity index (χ0n) is 14.4. The van der Waals surface area contributed by atoms with Gasteiger partial charge in [-0.25, -0.2) is 8.42 Å². The maximum Gasteiger partial charge on any atom is 0.243 e. The Morgan fingerprint density at radius 1 is 1.08 bits per heavy atom. The van der Waals surface area contributed by atoms with E-state index in [0.717, 1.165) is 19.3 Å². The quantitative estimate of drug-likeness (QED) is 0.704. The van der Waals surface area contributed by atoms with Crippen LogP contribution in [-0.2, 0) is 14.8 Å². The van der Waals surface area contributed by atoms with Crippen LogP contribution in [0, 0.1) is 0 Å². The van der Waals surface area contributed by atoms with Crippen LogP contribution in [0.5, 0.6) is 5.75 Å². The van der Waals surface area contributed by atoms with Gasteiger partial charge in [0.15, 0.2) is 0 Å². The predicted octanol–water partition coefficient (Wildman–Crippen LogP) is 2.11. The highest BCUT2D eigenvalue weighted by molar-refractivity contribution is 7.89. The summed E-state index contributed by atoms with van der Waals surface area (Å²) in [5, 5.41) is 0. The van der Waals surface area contributed by atoms with Gasteiger partial charge < -0.3 is 9.64 Å². The molecular formula is C17H26N2O4S. The monoisotopic (exact) mass is 354 g/mol. The second-order valence-electron chi connectivity index (χ2n) is 5.94. The Bertz CT molecular complexity index is 635. The first-order valence-corrected chi connectivity index (χ1v) is 9.87. The van der Waals surface area contributed by atoms with Gasteiger partial charge in [-0.05, 0) is 30.7 Å². The molecule has 134 valence electrons. The molecule has 6 nitrogen and oxygen atoms in total. The normalized spacial score (nSPS) is 16.2. The van der Waals surface area contributed by atoms with Crippen LogP contribution in [0.15, 0.2) is 29.2 Å². The topological polar surface area (TPSA) is 66.9 Å². The van der Waals surface area contributed by atoms with Crippen LogP contribution in [-0.4, -0.2) is 56.3 Å². The fraction of sp³-hybridized carbons (Fsp3) is 0.588. The molecule has 24 heavy (non-hydrogen) atoms. The number of carbonyl (C=O) groups excluding carboxylic acids is 1. The Kier molecular flexibility index (Phi) is 6.62. The van der Waals surface area contributed by atoms with Crippen LogP contribution in [0.3, 0.4) is 0 Å². The number of sulfonamides is 1. The van der Waals surface area contributed by atoms with Gasteiger partial charge in [-0.3, -0.25) is 4.79 Å². The summed E-state index contributed by atoms with van der Waals surface area (Å²) < 4.78 is 32.4. The fourth-order valence-corrected chi connectivity index (χ4v) is 4.06. The molecule has 1 fully saturated rings. The van der Waals surface area contributed by atoms with E-state index in [9.17, 15) is 13.2 Å².